The van der Waals surface area contributed by atoms with E-state index >= 15 is 0 Å². The number of nitrogens with one attached hydrogen (secondary N) is 3. The first-order valence-corrected chi connectivity index (χ1v) is 12.3. The number of methoxy groups -OCH3 is 3. The number of benzene rings is 1. The molecule has 0 aliphatic carbocycles. The summed E-state index contributed by atoms with van der Waals surface area (Å²) in [4.78, 5) is 19.6. The average molecular weight is 506 g/mol. The average Bonchev–Trinajstić information content (AvgIpc) is 2.75. The number of amides is 2. The van der Waals surface area contributed by atoms with Crippen molar-refractivity contribution in [3.63, 3.8) is 0 Å². The van der Waals surface area contributed by atoms with Crippen LogP contribution in [0.25, 0.3) is 0 Å². The molecule has 2 rings (SSSR count). The number of anilines is 1. The fourth-order valence-corrected chi connectivity index (χ4v) is 4.06. The molecule has 0 aliphatic heterocycles. The molecule has 16 heteroatoms. The Balaban J connectivity index is 2.34. The summed E-state index contributed by atoms with van der Waals surface area (Å²) >= 11 is 0. The fourth-order valence-electron chi connectivity index (χ4n) is 2.44. The van der Waals surface area contributed by atoms with Gasteiger partial charge in [0.2, 0.25) is 27.7 Å². The summed E-state index contributed by atoms with van der Waals surface area (Å²) in [6, 6.07) is 3.84. The number of hydrogen-bond donors (Lipinski definition) is 4. The van der Waals surface area contributed by atoms with Gasteiger partial charge >= 0.3 is 6.03 Å². The van der Waals surface area contributed by atoms with Gasteiger partial charge in [-0.3, -0.25) is 5.32 Å². The van der Waals surface area contributed by atoms with E-state index in [0.29, 0.717) is 0 Å². The molecule has 1 aromatic carbocycles. The first-order valence-electron chi connectivity index (χ1n) is 8.97. The lowest BCUT2D eigenvalue weighted by molar-refractivity contribution is -0.0788. The van der Waals surface area contributed by atoms with Crippen molar-refractivity contribution in [1.82, 2.24) is 19.4 Å². The lowest BCUT2D eigenvalue weighted by atomic mass is 10.1. The van der Waals surface area contributed by atoms with Crippen LogP contribution in [0.15, 0.2) is 29.2 Å². The highest BCUT2D eigenvalue weighted by Gasteiger charge is 2.26. The van der Waals surface area contributed by atoms with Crippen molar-refractivity contribution >= 4 is 32.0 Å². The number of rotatable bonds is 10. The van der Waals surface area contributed by atoms with Crippen molar-refractivity contribution in [2.24, 2.45) is 0 Å². The van der Waals surface area contributed by atoms with Gasteiger partial charge in [-0.1, -0.05) is 12.1 Å². The number of aliphatic hydroxyl groups is 1. The van der Waals surface area contributed by atoms with E-state index in [0.717, 1.165) is 19.4 Å². The molecule has 0 saturated carbocycles. The molecular weight excluding hydrogens is 482 g/mol. The Hall–Kier alpha value is -3.05. The molecule has 1 atom stereocenters. The van der Waals surface area contributed by atoms with E-state index in [1.165, 1.54) is 32.4 Å². The SMILES string of the molecule is COc1cc(OC)nc(NC(=O)NS(=O)(=O)c2cc(CNS(C)(=O)=O)ccc2C(O)OC)n1. The minimum absolute atomic E-state index is 0.0524. The van der Waals surface area contributed by atoms with Gasteiger partial charge in [-0.05, 0) is 11.6 Å². The summed E-state index contributed by atoms with van der Waals surface area (Å²) in [5.74, 6) is -0.199. The number of hydrogen-bond acceptors (Lipinski definition) is 11. The molecule has 0 aliphatic rings. The van der Waals surface area contributed by atoms with E-state index in [2.05, 4.69) is 20.0 Å². The van der Waals surface area contributed by atoms with Crippen LogP contribution in [-0.2, 0) is 31.3 Å². The minimum atomic E-state index is -4.57. The van der Waals surface area contributed by atoms with Crippen molar-refractivity contribution in [3.8, 4) is 11.8 Å². The second-order valence-corrected chi connectivity index (χ2v) is 9.87. The van der Waals surface area contributed by atoms with Crippen molar-refractivity contribution < 1.29 is 40.9 Å². The fraction of sp³-hybridized carbons (Fsp3) is 0.353. The first kappa shape index (κ1) is 26.2. The van der Waals surface area contributed by atoms with Gasteiger partial charge in [-0.15, -0.1) is 0 Å². The van der Waals surface area contributed by atoms with Crippen LogP contribution >= 0.6 is 0 Å². The van der Waals surface area contributed by atoms with E-state index < -0.39 is 37.3 Å². The van der Waals surface area contributed by atoms with Crippen molar-refractivity contribution in [1.29, 1.82) is 0 Å². The molecule has 2 aromatic rings. The highest BCUT2D eigenvalue weighted by molar-refractivity contribution is 7.90. The number of aromatic nitrogens is 2. The zero-order chi connectivity index (χ0) is 24.8. The third-order valence-electron chi connectivity index (χ3n) is 3.95. The van der Waals surface area contributed by atoms with Crippen LogP contribution in [0, 0.1) is 0 Å². The lowest BCUT2D eigenvalue weighted by Crippen LogP contribution is -2.35. The van der Waals surface area contributed by atoms with E-state index in [-0.39, 0.29) is 35.4 Å². The maximum absolute atomic E-state index is 12.9. The Labute approximate surface area is 190 Å². The Morgan fingerprint density at radius 3 is 2.18 bits per heavy atom. The van der Waals surface area contributed by atoms with Crippen LogP contribution in [-0.4, -0.2) is 65.5 Å². The molecule has 182 valence electrons. The van der Waals surface area contributed by atoms with Gasteiger partial charge in [-0.2, -0.15) is 9.97 Å². The second kappa shape index (κ2) is 10.7. The number of nitrogens with zero attached hydrogens (tertiary/aromatic N) is 2. The summed E-state index contributed by atoms with van der Waals surface area (Å²) in [5, 5.41) is 12.2. The molecule has 0 saturated heterocycles. The van der Waals surface area contributed by atoms with Gasteiger partial charge in [0, 0.05) is 19.2 Å². The molecular formula is C17H23N5O9S2. The third kappa shape index (κ3) is 7.50. The number of ether oxygens (including phenoxy) is 3. The summed E-state index contributed by atoms with van der Waals surface area (Å²) in [7, 11) is -4.33. The predicted octanol–water partition coefficient (Wildman–Crippen LogP) is -0.309. The van der Waals surface area contributed by atoms with E-state index in [9.17, 15) is 26.7 Å². The summed E-state index contributed by atoms with van der Waals surface area (Å²) in [5.41, 5.74) is 0.0642. The molecule has 1 heterocycles. The monoisotopic (exact) mass is 505 g/mol. The third-order valence-corrected chi connectivity index (χ3v) is 6.00. The normalized spacial score (nSPS) is 12.6. The Morgan fingerprint density at radius 1 is 1.06 bits per heavy atom. The molecule has 4 N–H and O–H groups in total. The number of sulfonamides is 2. The van der Waals surface area contributed by atoms with Crippen LogP contribution in [0.3, 0.4) is 0 Å². The highest BCUT2D eigenvalue weighted by Crippen LogP contribution is 2.25. The Kier molecular flexibility index (Phi) is 8.51. The van der Waals surface area contributed by atoms with Gasteiger partial charge in [0.25, 0.3) is 10.0 Å². The van der Waals surface area contributed by atoms with Gasteiger partial charge in [0.15, 0.2) is 6.29 Å². The molecule has 1 aromatic heterocycles. The molecule has 0 radical (unpaired) electrons. The predicted molar refractivity (Wildman–Crippen MR) is 115 cm³/mol. The van der Waals surface area contributed by atoms with Crippen LogP contribution in [0.5, 0.6) is 11.8 Å². The molecule has 0 bridgehead atoms. The van der Waals surface area contributed by atoms with Crippen molar-refractivity contribution in [2.75, 3.05) is 32.9 Å². The summed E-state index contributed by atoms with van der Waals surface area (Å²) in [6.45, 7) is -0.228. The van der Waals surface area contributed by atoms with E-state index in [1.807, 2.05) is 0 Å². The van der Waals surface area contributed by atoms with Crippen LogP contribution in [0.1, 0.15) is 17.4 Å². The lowest BCUT2D eigenvalue weighted by Gasteiger charge is -2.16. The zero-order valence-corrected chi connectivity index (χ0v) is 19.7. The second-order valence-electron chi connectivity index (χ2n) is 6.39. The smallest absolute Gasteiger partial charge is 0.335 e. The van der Waals surface area contributed by atoms with Gasteiger partial charge in [0.05, 0.1) is 31.4 Å². The van der Waals surface area contributed by atoms with E-state index in [1.54, 1.807) is 4.72 Å². The summed E-state index contributed by atoms with van der Waals surface area (Å²) < 4.78 is 67.2. The zero-order valence-electron chi connectivity index (χ0n) is 18.0. The number of urea groups is 1. The maximum atomic E-state index is 12.9. The summed E-state index contributed by atoms with van der Waals surface area (Å²) in [6.07, 6.45) is -0.697. The van der Waals surface area contributed by atoms with Gasteiger partial charge < -0.3 is 19.3 Å². The van der Waals surface area contributed by atoms with Crippen LogP contribution < -0.4 is 24.2 Å². The molecule has 0 fully saturated rings. The first-order chi connectivity index (χ1) is 15.4. The number of carbonyl (C=O) groups excluding carboxylic acids is 1. The Morgan fingerprint density at radius 2 is 1.67 bits per heavy atom. The number of carbonyl (C=O) groups is 1. The quantitative estimate of drug-likeness (QED) is 0.309. The van der Waals surface area contributed by atoms with E-state index in [4.69, 9.17) is 14.2 Å². The van der Waals surface area contributed by atoms with Crippen molar-refractivity contribution in [3.05, 3.63) is 35.4 Å². The minimum Gasteiger partial charge on any atom is -0.481 e. The topological polar surface area (TPSA) is 195 Å². The highest BCUT2D eigenvalue weighted by atomic mass is 32.2. The molecule has 14 nitrogen and oxygen atoms in total. The molecule has 1 unspecified atom stereocenters. The van der Waals surface area contributed by atoms with Gasteiger partial charge in [0.1, 0.15) is 0 Å². The van der Waals surface area contributed by atoms with Gasteiger partial charge in [-0.25, -0.2) is 31.1 Å². The number of aliphatic hydroxyl groups excluding tert-OH is 1. The molecule has 33 heavy (non-hydrogen) atoms. The molecule has 0 spiro atoms. The Bertz CT molecular complexity index is 1200. The van der Waals surface area contributed by atoms with Crippen LogP contribution in [0.4, 0.5) is 10.7 Å². The van der Waals surface area contributed by atoms with Crippen molar-refractivity contribution in [2.45, 2.75) is 17.7 Å². The standard InChI is InChI=1S/C17H23N5O9S2/c1-29-13-8-14(30-2)20-16(19-13)21-17(24)22-33(27,28)12-7-10(9-18-32(4,25)26)5-6-11(12)15(23)31-3/h5-8,15,18,23H,9H2,1-4H3,(H2,19,20,21,22,24). The van der Waals surface area contributed by atoms with Crippen LogP contribution in [0.2, 0.25) is 0 Å². The largest absolute Gasteiger partial charge is 0.481 e. The molecule has 2 amide bonds. The maximum Gasteiger partial charge on any atom is 0.335 e.